The van der Waals surface area contributed by atoms with Crippen LogP contribution in [0.3, 0.4) is 0 Å². The molecule has 0 saturated carbocycles. The van der Waals surface area contributed by atoms with Crippen LogP contribution >= 0.6 is 15.9 Å². The summed E-state index contributed by atoms with van der Waals surface area (Å²) in [6.07, 6.45) is 2.12. The maximum atomic E-state index is 12.4. The zero-order valence-corrected chi connectivity index (χ0v) is 12.6. The van der Waals surface area contributed by atoms with Gasteiger partial charge >= 0.3 is 0 Å². The average molecular weight is 327 g/mol. The van der Waals surface area contributed by atoms with Gasteiger partial charge in [0, 0.05) is 35.4 Å². The van der Waals surface area contributed by atoms with E-state index in [9.17, 15) is 4.79 Å². The summed E-state index contributed by atoms with van der Waals surface area (Å²) < 4.78 is 6.36. The summed E-state index contributed by atoms with van der Waals surface area (Å²) in [7, 11) is 0. The third-order valence-electron chi connectivity index (χ3n) is 3.38. The molecule has 0 radical (unpaired) electrons. The van der Waals surface area contributed by atoms with Crippen molar-refractivity contribution >= 4 is 27.5 Å². The number of hydrogen-bond acceptors (Lipinski definition) is 3. The first-order valence-electron chi connectivity index (χ1n) is 6.57. The number of halogens is 1. The van der Waals surface area contributed by atoms with Gasteiger partial charge in [-0.2, -0.15) is 0 Å². The van der Waals surface area contributed by atoms with E-state index in [0.29, 0.717) is 17.4 Å². The number of piperidine rings is 1. The highest BCUT2D eigenvalue weighted by molar-refractivity contribution is 9.10. The van der Waals surface area contributed by atoms with E-state index in [-0.39, 0.29) is 5.91 Å². The summed E-state index contributed by atoms with van der Waals surface area (Å²) in [6.45, 7) is 4.25. The van der Waals surface area contributed by atoms with Gasteiger partial charge in [0.1, 0.15) is 0 Å². The number of carbonyl (C=O) groups is 1. The lowest BCUT2D eigenvalue weighted by Crippen LogP contribution is -2.40. The Labute approximate surface area is 122 Å². The van der Waals surface area contributed by atoms with Crippen LogP contribution in [0.15, 0.2) is 22.7 Å². The Morgan fingerprint density at radius 2 is 2.16 bits per heavy atom. The van der Waals surface area contributed by atoms with Gasteiger partial charge in [0.05, 0.1) is 6.10 Å². The molecule has 19 heavy (non-hydrogen) atoms. The maximum Gasteiger partial charge on any atom is 0.253 e. The lowest BCUT2D eigenvalue weighted by molar-refractivity contribution is 0.0146. The quantitative estimate of drug-likeness (QED) is 0.869. The van der Waals surface area contributed by atoms with E-state index in [1.807, 2.05) is 11.8 Å². The second-order valence-electron chi connectivity index (χ2n) is 4.68. The first kappa shape index (κ1) is 14.3. The molecule has 4 nitrogen and oxygen atoms in total. The van der Waals surface area contributed by atoms with Crippen LogP contribution < -0.4 is 5.73 Å². The summed E-state index contributed by atoms with van der Waals surface area (Å²) in [6, 6.07) is 5.31. The Hall–Kier alpha value is -1.07. The van der Waals surface area contributed by atoms with Crippen molar-refractivity contribution in [1.82, 2.24) is 4.90 Å². The fourth-order valence-corrected chi connectivity index (χ4v) is 2.68. The molecule has 0 aromatic heterocycles. The van der Waals surface area contributed by atoms with Crippen LogP contribution in [0.2, 0.25) is 0 Å². The molecule has 2 rings (SSSR count). The van der Waals surface area contributed by atoms with E-state index in [1.165, 1.54) is 0 Å². The number of hydrogen-bond donors (Lipinski definition) is 1. The molecule has 0 bridgehead atoms. The van der Waals surface area contributed by atoms with Crippen LogP contribution in [0.4, 0.5) is 5.69 Å². The predicted molar refractivity (Wildman–Crippen MR) is 79.1 cm³/mol. The minimum Gasteiger partial charge on any atom is -0.398 e. The molecule has 1 heterocycles. The second-order valence-corrected chi connectivity index (χ2v) is 5.54. The standard InChI is InChI=1S/C14H19BrN2O2/c1-2-19-11-5-7-17(8-6-11)14(18)10-3-4-13(16)12(15)9-10/h3-4,9,11H,2,5-8,16H2,1H3. The Morgan fingerprint density at radius 1 is 1.47 bits per heavy atom. The van der Waals surface area contributed by atoms with Gasteiger partial charge in [-0.1, -0.05) is 0 Å². The molecule has 1 aliphatic heterocycles. The lowest BCUT2D eigenvalue weighted by Gasteiger charge is -2.31. The van der Waals surface area contributed by atoms with Crippen molar-refractivity contribution in [3.63, 3.8) is 0 Å². The summed E-state index contributed by atoms with van der Waals surface area (Å²) in [4.78, 5) is 14.2. The van der Waals surface area contributed by atoms with Crippen molar-refractivity contribution in [2.75, 3.05) is 25.4 Å². The van der Waals surface area contributed by atoms with Gasteiger partial charge in [-0.3, -0.25) is 4.79 Å². The first-order chi connectivity index (χ1) is 9.11. The zero-order valence-electron chi connectivity index (χ0n) is 11.1. The van der Waals surface area contributed by atoms with Gasteiger partial charge in [0.15, 0.2) is 0 Å². The van der Waals surface area contributed by atoms with Crippen molar-refractivity contribution in [2.24, 2.45) is 0 Å². The molecule has 1 aromatic carbocycles. The molecule has 104 valence electrons. The largest absolute Gasteiger partial charge is 0.398 e. The van der Waals surface area contributed by atoms with Gasteiger partial charge in [-0.15, -0.1) is 0 Å². The van der Waals surface area contributed by atoms with Crippen LogP contribution in [-0.2, 0) is 4.74 Å². The van der Waals surface area contributed by atoms with E-state index in [2.05, 4.69) is 15.9 Å². The number of ether oxygens (including phenoxy) is 1. The molecule has 1 aromatic rings. The van der Waals surface area contributed by atoms with Gasteiger partial charge in [-0.05, 0) is 53.9 Å². The Morgan fingerprint density at radius 3 is 2.74 bits per heavy atom. The molecular weight excluding hydrogens is 308 g/mol. The smallest absolute Gasteiger partial charge is 0.253 e. The van der Waals surface area contributed by atoms with Crippen LogP contribution in [0, 0.1) is 0 Å². The molecule has 0 unspecified atom stereocenters. The Kier molecular flexibility index (Phi) is 4.82. The molecule has 1 fully saturated rings. The number of nitrogens with zero attached hydrogens (tertiary/aromatic N) is 1. The highest BCUT2D eigenvalue weighted by Crippen LogP contribution is 2.22. The monoisotopic (exact) mass is 326 g/mol. The normalized spacial score (nSPS) is 16.6. The van der Waals surface area contributed by atoms with Crippen LogP contribution in [0.1, 0.15) is 30.1 Å². The minimum absolute atomic E-state index is 0.0654. The molecule has 0 aliphatic carbocycles. The van der Waals surface area contributed by atoms with E-state index in [4.69, 9.17) is 10.5 Å². The third kappa shape index (κ3) is 3.48. The van der Waals surface area contributed by atoms with Crippen molar-refractivity contribution in [1.29, 1.82) is 0 Å². The molecule has 1 amide bonds. The number of rotatable bonds is 3. The third-order valence-corrected chi connectivity index (χ3v) is 4.07. The van der Waals surface area contributed by atoms with Gasteiger partial charge in [0.2, 0.25) is 0 Å². The number of nitrogen functional groups attached to an aromatic ring is 1. The van der Waals surface area contributed by atoms with Gasteiger partial charge < -0.3 is 15.4 Å². The Balaban J connectivity index is 1.99. The van der Waals surface area contributed by atoms with E-state index in [1.54, 1.807) is 18.2 Å². The fourth-order valence-electron chi connectivity index (χ4n) is 2.30. The molecule has 0 spiro atoms. The van der Waals surface area contributed by atoms with E-state index < -0.39 is 0 Å². The number of anilines is 1. The minimum atomic E-state index is 0.0654. The number of amides is 1. The number of benzene rings is 1. The van der Waals surface area contributed by atoms with Gasteiger partial charge in [-0.25, -0.2) is 0 Å². The second kappa shape index (κ2) is 6.39. The van der Waals surface area contributed by atoms with E-state index in [0.717, 1.165) is 37.0 Å². The molecule has 5 heteroatoms. The van der Waals surface area contributed by atoms with Crippen LogP contribution in [0.5, 0.6) is 0 Å². The predicted octanol–water partition coefficient (Wildman–Crippen LogP) is 2.67. The highest BCUT2D eigenvalue weighted by Gasteiger charge is 2.23. The highest BCUT2D eigenvalue weighted by atomic mass is 79.9. The Bertz CT molecular complexity index is 457. The molecule has 2 N–H and O–H groups in total. The molecular formula is C14H19BrN2O2. The fraction of sp³-hybridized carbons (Fsp3) is 0.500. The van der Waals surface area contributed by atoms with Gasteiger partial charge in [0.25, 0.3) is 5.91 Å². The number of likely N-dealkylation sites (tertiary alicyclic amines) is 1. The SMILES string of the molecule is CCOC1CCN(C(=O)c2ccc(N)c(Br)c2)CC1. The van der Waals surface area contributed by atoms with Crippen molar-refractivity contribution in [3.8, 4) is 0 Å². The summed E-state index contributed by atoms with van der Waals surface area (Å²) in [5.74, 6) is 0.0654. The topological polar surface area (TPSA) is 55.6 Å². The van der Waals surface area contributed by atoms with Crippen LogP contribution in [0.25, 0.3) is 0 Å². The summed E-state index contributed by atoms with van der Waals surface area (Å²) in [5.41, 5.74) is 7.05. The number of nitrogens with two attached hydrogens (primary N) is 1. The first-order valence-corrected chi connectivity index (χ1v) is 7.37. The average Bonchev–Trinajstić information content (AvgIpc) is 2.42. The number of carbonyl (C=O) groups excluding carboxylic acids is 1. The summed E-state index contributed by atoms with van der Waals surface area (Å²) in [5, 5.41) is 0. The molecule has 0 atom stereocenters. The van der Waals surface area contributed by atoms with Crippen molar-refractivity contribution < 1.29 is 9.53 Å². The zero-order chi connectivity index (χ0) is 13.8. The van der Waals surface area contributed by atoms with Crippen LogP contribution in [-0.4, -0.2) is 36.6 Å². The van der Waals surface area contributed by atoms with Crippen molar-refractivity contribution in [3.05, 3.63) is 28.2 Å². The van der Waals surface area contributed by atoms with E-state index >= 15 is 0 Å². The summed E-state index contributed by atoms with van der Waals surface area (Å²) >= 11 is 3.35. The lowest BCUT2D eigenvalue weighted by atomic mass is 10.1. The molecule has 1 aliphatic rings. The maximum absolute atomic E-state index is 12.4. The molecule has 1 saturated heterocycles. The van der Waals surface area contributed by atoms with Crippen molar-refractivity contribution in [2.45, 2.75) is 25.9 Å².